The Morgan fingerprint density at radius 1 is 1.13 bits per heavy atom. The van der Waals surface area contributed by atoms with Crippen LogP contribution >= 0.6 is 22.9 Å². The minimum atomic E-state index is -0.790. The van der Waals surface area contributed by atoms with Crippen LogP contribution in [0, 0.1) is 0 Å². The number of halogens is 1. The van der Waals surface area contributed by atoms with Gasteiger partial charge in [-0.3, -0.25) is 9.59 Å². The smallest absolute Gasteiger partial charge is 0.295 e. The first-order valence-corrected chi connectivity index (χ1v) is 10.5. The number of amides is 1. The van der Waals surface area contributed by atoms with Gasteiger partial charge in [0, 0.05) is 21.0 Å². The number of hydrogen-bond acceptors (Lipinski definition) is 5. The molecule has 4 rings (SSSR count). The maximum absolute atomic E-state index is 13.0. The van der Waals surface area contributed by atoms with E-state index in [-0.39, 0.29) is 17.9 Å². The number of carbonyl (C=O) groups is 2. The second-order valence-electron chi connectivity index (χ2n) is 6.76. The zero-order valence-electron chi connectivity index (χ0n) is 16.0. The second-order valence-corrected chi connectivity index (χ2v) is 8.23. The summed E-state index contributed by atoms with van der Waals surface area (Å²) in [5.74, 6) is -1.14. The Morgan fingerprint density at radius 3 is 2.63 bits per heavy atom. The van der Waals surface area contributed by atoms with E-state index in [2.05, 4.69) is 0 Å². The van der Waals surface area contributed by atoms with Crippen molar-refractivity contribution in [1.82, 2.24) is 4.90 Å². The van der Waals surface area contributed by atoms with Crippen molar-refractivity contribution < 1.29 is 19.4 Å². The lowest BCUT2D eigenvalue weighted by atomic mass is 9.94. The molecule has 0 aliphatic carbocycles. The molecule has 0 saturated carbocycles. The van der Waals surface area contributed by atoms with Crippen LogP contribution in [0.3, 0.4) is 0 Å². The van der Waals surface area contributed by atoms with Crippen LogP contribution in [0.2, 0.25) is 5.02 Å². The van der Waals surface area contributed by atoms with E-state index in [9.17, 15) is 14.7 Å². The molecule has 1 N–H and O–H groups in total. The highest BCUT2D eigenvalue weighted by atomic mass is 35.5. The largest absolute Gasteiger partial charge is 0.507 e. The van der Waals surface area contributed by atoms with Gasteiger partial charge in [-0.05, 0) is 29.6 Å². The first-order valence-electron chi connectivity index (χ1n) is 9.21. The summed E-state index contributed by atoms with van der Waals surface area (Å²) in [6.07, 6.45) is 0. The van der Waals surface area contributed by atoms with Crippen LogP contribution in [-0.4, -0.2) is 28.8 Å². The van der Waals surface area contributed by atoms with E-state index >= 15 is 0 Å². The van der Waals surface area contributed by atoms with Gasteiger partial charge in [-0.15, -0.1) is 11.3 Å². The summed E-state index contributed by atoms with van der Waals surface area (Å²) in [4.78, 5) is 28.4. The summed E-state index contributed by atoms with van der Waals surface area (Å²) in [6.45, 7) is 0.247. The van der Waals surface area contributed by atoms with Crippen molar-refractivity contribution in [2.45, 2.75) is 12.6 Å². The molecule has 1 aromatic heterocycles. The molecule has 2 aromatic carbocycles. The molecule has 0 spiro atoms. The van der Waals surface area contributed by atoms with Crippen molar-refractivity contribution in [1.29, 1.82) is 0 Å². The lowest BCUT2D eigenvalue weighted by molar-refractivity contribution is -0.140. The molecular formula is C23H18ClNO4S. The third kappa shape index (κ3) is 3.60. The highest BCUT2D eigenvalue weighted by Gasteiger charge is 2.47. The number of thiophene rings is 1. The summed E-state index contributed by atoms with van der Waals surface area (Å²) < 4.78 is 5.49. The van der Waals surface area contributed by atoms with Crippen LogP contribution in [0.25, 0.3) is 5.76 Å². The van der Waals surface area contributed by atoms with Crippen molar-refractivity contribution in [2.75, 3.05) is 7.11 Å². The van der Waals surface area contributed by atoms with Gasteiger partial charge >= 0.3 is 0 Å². The topological polar surface area (TPSA) is 66.8 Å². The number of aliphatic hydroxyl groups excluding tert-OH is 1. The first kappa shape index (κ1) is 20.2. The van der Waals surface area contributed by atoms with Crippen molar-refractivity contribution in [2.24, 2.45) is 0 Å². The molecule has 2 heterocycles. The van der Waals surface area contributed by atoms with Gasteiger partial charge < -0.3 is 14.7 Å². The normalized spacial score (nSPS) is 18.1. The van der Waals surface area contributed by atoms with Gasteiger partial charge in [0.2, 0.25) is 0 Å². The Morgan fingerprint density at radius 2 is 1.93 bits per heavy atom. The number of para-hydroxylation sites is 1. The van der Waals surface area contributed by atoms with Crippen LogP contribution in [0.1, 0.15) is 22.0 Å². The van der Waals surface area contributed by atoms with Gasteiger partial charge in [-0.2, -0.15) is 0 Å². The van der Waals surface area contributed by atoms with Crippen LogP contribution in [0.4, 0.5) is 0 Å². The van der Waals surface area contributed by atoms with Crippen molar-refractivity contribution in [3.63, 3.8) is 0 Å². The molecule has 7 heteroatoms. The summed E-state index contributed by atoms with van der Waals surface area (Å²) in [6, 6.07) is 16.7. The number of nitrogens with zero attached hydrogens (tertiary/aromatic N) is 1. The summed E-state index contributed by atoms with van der Waals surface area (Å²) >= 11 is 7.57. The van der Waals surface area contributed by atoms with Crippen LogP contribution in [-0.2, 0) is 16.1 Å². The Kier molecular flexibility index (Phi) is 5.61. The van der Waals surface area contributed by atoms with Crippen LogP contribution < -0.4 is 4.74 Å². The van der Waals surface area contributed by atoms with Gasteiger partial charge in [-0.25, -0.2) is 0 Å². The molecule has 0 radical (unpaired) electrons. The number of methoxy groups -OCH3 is 1. The molecule has 5 nitrogen and oxygen atoms in total. The van der Waals surface area contributed by atoms with Crippen molar-refractivity contribution in [3.05, 3.63) is 92.6 Å². The predicted octanol–water partition coefficient (Wildman–Crippen LogP) is 5.03. The summed E-state index contributed by atoms with van der Waals surface area (Å²) in [5, 5.41) is 13.4. The lowest BCUT2D eigenvalue weighted by Gasteiger charge is -2.26. The van der Waals surface area contributed by atoms with E-state index in [1.165, 1.54) is 23.3 Å². The Hall–Kier alpha value is -3.09. The Balaban J connectivity index is 1.92. The molecule has 1 unspecified atom stereocenters. The molecular weight excluding hydrogens is 422 g/mol. The van der Waals surface area contributed by atoms with Gasteiger partial charge in [0.15, 0.2) is 0 Å². The number of Topliss-reactive ketones (excluding diaryl/α,β-unsaturated/α-hetero) is 1. The average molecular weight is 440 g/mol. The molecule has 1 saturated heterocycles. The van der Waals surface area contributed by atoms with E-state index < -0.39 is 17.7 Å². The number of carbonyl (C=O) groups excluding carboxylic acids is 2. The van der Waals surface area contributed by atoms with E-state index in [0.29, 0.717) is 21.9 Å². The lowest BCUT2D eigenvalue weighted by Crippen LogP contribution is -2.29. The van der Waals surface area contributed by atoms with E-state index in [4.69, 9.17) is 16.3 Å². The van der Waals surface area contributed by atoms with E-state index in [1.807, 2.05) is 29.6 Å². The molecule has 30 heavy (non-hydrogen) atoms. The zero-order valence-corrected chi connectivity index (χ0v) is 17.6. The molecule has 1 amide bonds. The second kappa shape index (κ2) is 8.34. The predicted molar refractivity (Wildman–Crippen MR) is 117 cm³/mol. The molecule has 1 fully saturated rings. The number of ether oxygens (including phenoxy) is 1. The number of aliphatic hydroxyl groups is 1. The first-order chi connectivity index (χ1) is 14.5. The maximum atomic E-state index is 13.0. The summed E-state index contributed by atoms with van der Waals surface area (Å²) in [5.41, 5.74) is 1.01. The number of likely N-dealkylation sites (tertiary alicyclic amines) is 1. The molecule has 152 valence electrons. The summed E-state index contributed by atoms with van der Waals surface area (Å²) in [7, 11) is 1.53. The monoisotopic (exact) mass is 439 g/mol. The highest BCUT2D eigenvalue weighted by molar-refractivity contribution is 7.09. The van der Waals surface area contributed by atoms with Crippen LogP contribution in [0.5, 0.6) is 5.75 Å². The number of rotatable bonds is 5. The number of benzene rings is 2. The van der Waals surface area contributed by atoms with Gasteiger partial charge in [0.25, 0.3) is 11.7 Å². The number of ketones is 1. The molecule has 1 atom stereocenters. The third-order valence-electron chi connectivity index (χ3n) is 4.98. The van der Waals surface area contributed by atoms with Gasteiger partial charge in [0.05, 0.1) is 25.3 Å². The molecule has 1 aliphatic rings. The van der Waals surface area contributed by atoms with Crippen molar-refractivity contribution >= 4 is 40.4 Å². The molecule has 0 bridgehead atoms. The van der Waals surface area contributed by atoms with Gasteiger partial charge in [-0.1, -0.05) is 48.0 Å². The number of hydrogen-bond donors (Lipinski definition) is 1. The van der Waals surface area contributed by atoms with E-state index in [0.717, 1.165) is 4.88 Å². The van der Waals surface area contributed by atoms with Crippen molar-refractivity contribution in [3.8, 4) is 5.75 Å². The molecule has 3 aromatic rings. The van der Waals surface area contributed by atoms with E-state index in [1.54, 1.807) is 36.4 Å². The fraction of sp³-hybridized carbons (Fsp3) is 0.130. The standard InChI is InChI=1S/C23H18ClNO4S/c1-29-18-10-3-2-9-17(18)20-19(21(26)14-6-4-7-15(24)12-14)22(27)23(28)25(20)13-16-8-5-11-30-16/h2-12,20,26H,13H2,1H3/b21-19-. The minimum Gasteiger partial charge on any atom is -0.507 e. The molecule has 1 aliphatic heterocycles. The SMILES string of the molecule is COc1ccccc1C1/C(=C(/O)c2cccc(Cl)c2)C(=O)C(=O)N1Cc1cccs1. The zero-order chi connectivity index (χ0) is 21.3. The highest BCUT2D eigenvalue weighted by Crippen LogP contribution is 2.43. The fourth-order valence-corrected chi connectivity index (χ4v) is 4.51. The van der Waals surface area contributed by atoms with Crippen LogP contribution in [0.15, 0.2) is 71.6 Å². The minimum absolute atomic E-state index is 0.0170. The third-order valence-corrected chi connectivity index (χ3v) is 6.07. The maximum Gasteiger partial charge on any atom is 0.295 e. The Labute approximate surface area is 182 Å². The average Bonchev–Trinajstić information content (AvgIpc) is 3.35. The van der Waals surface area contributed by atoms with Gasteiger partial charge in [0.1, 0.15) is 11.5 Å². The Bertz CT molecular complexity index is 1140. The fourth-order valence-electron chi connectivity index (χ4n) is 3.62. The quantitative estimate of drug-likeness (QED) is 0.344.